The molecule has 1 fully saturated rings. The summed E-state index contributed by atoms with van der Waals surface area (Å²) >= 11 is 0. The van der Waals surface area contributed by atoms with Gasteiger partial charge in [-0.2, -0.15) is 10.2 Å². The van der Waals surface area contributed by atoms with E-state index in [1.165, 1.54) is 0 Å². The zero-order chi connectivity index (χ0) is 25.5. The van der Waals surface area contributed by atoms with Gasteiger partial charge in [0.25, 0.3) is 0 Å². The predicted molar refractivity (Wildman–Crippen MR) is 133 cm³/mol. The molecule has 0 aromatic carbocycles. The first-order valence-electron chi connectivity index (χ1n) is 11.9. The summed E-state index contributed by atoms with van der Waals surface area (Å²) < 4.78 is 11.1. The van der Waals surface area contributed by atoms with Crippen LogP contribution in [-0.4, -0.2) is 70.2 Å². The first kappa shape index (κ1) is 23.5. The van der Waals surface area contributed by atoms with E-state index in [9.17, 15) is 4.79 Å². The fraction of sp³-hybridized carbons (Fsp3) is 0.440. The number of imidazole rings is 1. The molecule has 1 aliphatic rings. The lowest BCUT2D eigenvalue weighted by Gasteiger charge is -2.39. The maximum absolute atomic E-state index is 12.6. The summed E-state index contributed by atoms with van der Waals surface area (Å²) in [5.41, 5.74) is 2.21. The van der Waals surface area contributed by atoms with Gasteiger partial charge in [0, 0.05) is 56.6 Å². The number of ether oxygens (including phenoxy) is 1. The van der Waals surface area contributed by atoms with E-state index in [2.05, 4.69) is 20.0 Å². The average molecular weight is 488 g/mol. The van der Waals surface area contributed by atoms with Gasteiger partial charge in [0.2, 0.25) is 6.54 Å². The van der Waals surface area contributed by atoms with Crippen molar-refractivity contribution in [2.45, 2.75) is 44.8 Å². The van der Waals surface area contributed by atoms with E-state index < -0.39 is 11.1 Å². The van der Waals surface area contributed by atoms with Crippen LogP contribution in [0.5, 0.6) is 0 Å². The molecular formula is C25H29N9O2. The van der Waals surface area contributed by atoms with Crippen LogP contribution in [0.25, 0.3) is 33.1 Å². The molecule has 0 radical (unpaired) electrons. The highest BCUT2D eigenvalue weighted by Crippen LogP contribution is 2.33. The second kappa shape index (κ2) is 8.78. The molecule has 1 amide bonds. The van der Waals surface area contributed by atoms with Gasteiger partial charge in [0.1, 0.15) is 22.6 Å². The standard InChI is InChI=1S/C25H29N9O2/c1-24(2,3)36-23(35)32-9-6-25(7-10-32,17-26-4)34-16-19(14-29-34)22-30-20(18-13-28-31(5)15-18)12-21-27-8-11-33(21)22/h8,11-16H,6-7,9-10,17H2,1-3,5H3. The van der Waals surface area contributed by atoms with Crippen molar-refractivity contribution in [3.05, 3.63) is 54.7 Å². The van der Waals surface area contributed by atoms with Gasteiger partial charge in [-0.25, -0.2) is 21.3 Å². The minimum Gasteiger partial charge on any atom is -0.444 e. The Labute approximate surface area is 209 Å². The number of hydrogen-bond acceptors (Lipinski definition) is 6. The van der Waals surface area contributed by atoms with E-state index in [1.807, 2.05) is 61.6 Å². The third kappa shape index (κ3) is 4.42. The van der Waals surface area contributed by atoms with Crippen molar-refractivity contribution in [2.75, 3.05) is 19.6 Å². The van der Waals surface area contributed by atoms with Gasteiger partial charge in [-0.15, -0.1) is 0 Å². The van der Waals surface area contributed by atoms with Crippen molar-refractivity contribution in [2.24, 2.45) is 7.05 Å². The van der Waals surface area contributed by atoms with Gasteiger partial charge in [-0.05, 0) is 33.6 Å². The maximum atomic E-state index is 12.6. The number of likely N-dealkylation sites (tertiary alicyclic amines) is 1. The molecule has 186 valence electrons. The molecule has 0 bridgehead atoms. The van der Waals surface area contributed by atoms with Gasteiger partial charge < -0.3 is 14.5 Å². The second-order valence-electron chi connectivity index (χ2n) is 10.2. The summed E-state index contributed by atoms with van der Waals surface area (Å²) in [6.07, 6.45) is 11.9. The van der Waals surface area contributed by atoms with Crippen LogP contribution in [-0.2, 0) is 17.3 Å². The van der Waals surface area contributed by atoms with Gasteiger partial charge in [-0.3, -0.25) is 13.8 Å². The summed E-state index contributed by atoms with van der Waals surface area (Å²) in [5, 5.41) is 8.95. The zero-order valence-corrected chi connectivity index (χ0v) is 20.9. The molecule has 36 heavy (non-hydrogen) atoms. The van der Waals surface area contributed by atoms with Gasteiger partial charge in [0.15, 0.2) is 0 Å². The lowest BCUT2D eigenvalue weighted by atomic mass is 9.87. The highest BCUT2D eigenvalue weighted by atomic mass is 16.6. The Kier molecular flexibility index (Phi) is 5.74. The van der Waals surface area contributed by atoms with Gasteiger partial charge in [0.05, 0.1) is 23.7 Å². The third-order valence-electron chi connectivity index (χ3n) is 6.44. The Morgan fingerprint density at radius 2 is 1.92 bits per heavy atom. The number of carbonyl (C=O) groups excluding carboxylic acids is 1. The number of nitrogens with zero attached hydrogens (tertiary/aromatic N) is 9. The number of amides is 1. The highest BCUT2D eigenvalue weighted by molar-refractivity contribution is 5.69. The molecule has 0 unspecified atom stereocenters. The minimum absolute atomic E-state index is 0.278. The Morgan fingerprint density at radius 1 is 1.17 bits per heavy atom. The van der Waals surface area contributed by atoms with Crippen LogP contribution in [0.3, 0.4) is 0 Å². The number of piperidine rings is 1. The van der Waals surface area contributed by atoms with Crippen LogP contribution in [0.4, 0.5) is 4.79 Å². The molecule has 0 spiro atoms. The van der Waals surface area contributed by atoms with Gasteiger partial charge >= 0.3 is 6.09 Å². The van der Waals surface area contributed by atoms with E-state index in [0.29, 0.717) is 31.8 Å². The number of hydrogen-bond donors (Lipinski definition) is 0. The summed E-state index contributed by atoms with van der Waals surface area (Å²) in [4.78, 5) is 27.4. The van der Waals surface area contributed by atoms with Gasteiger partial charge in [-0.1, -0.05) is 0 Å². The van der Waals surface area contributed by atoms with E-state index >= 15 is 0 Å². The molecule has 11 heteroatoms. The molecule has 4 aromatic rings. The smallest absolute Gasteiger partial charge is 0.410 e. The monoisotopic (exact) mass is 487 g/mol. The van der Waals surface area contributed by atoms with Crippen molar-refractivity contribution in [3.63, 3.8) is 0 Å². The van der Waals surface area contributed by atoms with Crippen molar-refractivity contribution in [3.8, 4) is 22.6 Å². The molecule has 1 saturated heterocycles. The fourth-order valence-electron chi connectivity index (χ4n) is 4.56. The van der Waals surface area contributed by atoms with Crippen molar-refractivity contribution in [1.82, 2.24) is 38.8 Å². The van der Waals surface area contributed by atoms with Crippen LogP contribution in [0.15, 0.2) is 43.2 Å². The zero-order valence-electron chi connectivity index (χ0n) is 20.9. The number of rotatable bonds is 4. The molecule has 0 saturated carbocycles. The van der Waals surface area contributed by atoms with Crippen LogP contribution in [0, 0.1) is 6.57 Å². The Hall–Kier alpha value is -4.20. The summed E-state index contributed by atoms with van der Waals surface area (Å²) in [6, 6.07) is 1.93. The van der Waals surface area contributed by atoms with Crippen molar-refractivity contribution >= 4 is 11.7 Å². The largest absolute Gasteiger partial charge is 0.444 e. The normalized spacial score (nSPS) is 15.7. The number of aryl methyl sites for hydroxylation is 1. The van der Waals surface area contributed by atoms with E-state index in [-0.39, 0.29) is 12.6 Å². The summed E-state index contributed by atoms with van der Waals surface area (Å²) in [5.74, 6) is 0.708. The number of aromatic nitrogens is 7. The summed E-state index contributed by atoms with van der Waals surface area (Å²) in [7, 11) is 1.87. The fourth-order valence-corrected chi connectivity index (χ4v) is 4.56. The lowest BCUT2D eigenvalue weighted by Crippen LogP contribution is -2.50. The molecule has 5 heterocycles. The first-order chi connectivity index (χ1) is 17.2. The Balaban J connectivity index is 1.45. The average Bonchev–Trinajstić information content (AvgIpc) is 3.58. The Morgan fingerprint density at radius 3 is 2.58 bits per heavy atom. The van der Waals surface area contributed by atoms with Crippen LogP contribution >= 0.6 is 0 Å². The molecule has 5 rings (SSSR count). The van der Waals surface area contributed by atoms with Crippen LogP contribution in [0.1, 0.15) is 33.6 Å². The minimum atomic E-state index is -0.547. The molecular weight excluding hydrogens is 458 g/mol. The third-order valence-corrected chi connectivity index (χ3v) is 6.44. The molecule has 11 nitrogen and oxygen atoms in total. The summed E-state index contributed by atoms with van der Waals surface area (Å²) in [6.45, 7) is 14.5. The van der Waals surface area contributed by atoms with Crippen LogP contribution < -0.4 is 0 Å². The van der Waals surface area contributed by atoms with Crippen molar-refractivity contribution < 1.29 is 9.53 Å². The Bertz CT molecular complexity index is 1440. The van der Waals surface area contributed by atoms with E-state index in [4.69, 9.17) is 16.3 Å². The highest BCUT2D eigenvalue weighted by Gasteiger charge is 2.42. The molecule has 4 aromatic heterocycles. The van der Waals surface area contributed by atoms with Crippen molar-refractivity contribution in [1.29, 1.82) is 0 Å². The number of carbonyl (C=O) groups is 1. The SMILES string of the molecule is [C-]#[N+]CC1(n2cc(-c3nc(-c4cnn(C)c4)cc4nccn34)cn2)CCN(C(=O)OC(C)(C)C)CC1. The molecule has 1 aliphatic heterocycles. The van der Waals surface area contributed by atoms with E-state index in [1.54, 1.807) is 28.2 Å². The quantitative estimate of drug-likeness (QED) is 0.408. The molecule has 0 N–H and O–H groups in total. The van der Waals surface area contributed by atoms with Crippen LogP contribution in [0.2, 0.25) is 0 Å². The maximum Gasteiger partial charge on any atom is 0.410 e. The topological polar surface area (TPSA) is 99.7 Å². The molecule has 0 aliphatic carbocycles. The first-order valence-corrected chi connectivity index (χ1v) is 11.9. The predicted octanol–water partition coefficient (Wildman–Crippen LogP) is 3.64. The second-order valence-corrected chi connectivity index (χ2v) is 10.2. The lowest BCUT2D eigenvalue weighted by molar-refractivity contribution is 0.0117. The number of fused-ring (bicyclic) bond motifs is 1. The van der Waals surface area contributed by atoms with E-state index in [0.717, 1.165) is 22.5 Å². The molecule has 0 atom stereocenters.